The summed E-state index contributed by atoms with van der Waals surface area (Å²) in [4.78, 5) is 14.5. The van der Waals surface area contributed by atoms with E-state index in [2.05, 4.69) is 34.5 Å². The third-order valence-electron chi connectivity index (χ3n) is 4.76. The highest BCUT2D eigenvalue weighted by Crippen LogP contribution is 2.20. The molecule has 26 heavy (non-hydrogen) atoms. The maximum Gasteiger partial charge on any atom is 0.281 e. The first-order valence-electron chi connectivity index (χ1n) is 8.95. The average Bonchev–Trinajstić information content (AvgIpc) is 2.62. The Morgan fingerprint density at radius 3 is 2.50 bits per heavy atom. The van der Waals surface area contributed by atoms with Crippen LogP contribution in [0, 0.1) is 12.8 Å². The van der Waals surface area contributed by atoms with E-state index in [1.54, 1.807) is 0 Å². The van der Waals surface area contributed by atoms with E-state index >= 15 is 0 Å². The summed E-state index contributed by atoms with van der Waals surface area (Å²) < 4.78 is 27.1. The summed E-state index contributed by atoms with van der Waals surface area (Å²) in [6, 6.07) is 8.24. The van der Waals surface area contributed by atoms with Gasteiger partial charge in [-0.1, -0.05) is 17.7 Å². The first kappa shape index (κ1) is 20.7. The molecule has 146 valence electrons. The zero-order valence-electron chi connectivity index (χ0n) is 16.1. The number of benzene rings is 1. The quantitative estimate of drug-likeness (QED) is 0.766. The molecule has 1 amide bonds. The van der Waals surface area contributed by atoms with Crippen LogP contribution in [0.4, 0.5) is 5.69 Å². The van der Waals surface area contributed by atoms with Crippen LogP contribution in [0.25, 0.3) is 0 Å². The van der Waals surface area contributed by atoms with Crippen molar-refractivity contribution in [3.63, 3.8) is 0 Å². The van der Waals surface area contributed by atoms with Gasteiger partial charge in [-0.25, -0.2) is 0 Å². The number of carbonyl (C=O) groups is 1. The van der Waals surface area contributed by atoms with Gasteiger partial charge < -0.3 is 10.2 Å². The van der Waals surface area contributed by atoms with Crippen molar-refractivity contribution in [3.05, 3.63) is 29.8 Å². The lowest BCUT2D eigenvalue weighted by Gasteiger charge is -2.32. The summed E-state index contributed by atoms with van der Waals surface area (Å²) in [5.74, 6) is -0.357. The number of aryl methyl sites for hydroxylation is 1. The van der Waals surface area contributed by atoms with E-state index < -0.39 is 10.2 Å². The molecule has 0 spiro atoms. The van der Waals surface area contributed by atoms with Gasteiger partial charge in [-0.3, -0.25) is 4.79 Å². The summed E-state index contributed by atoms with van der Waals surface area (Å²) in [6.45, 7) is 4.00. The van der Waals surface area contributed by atoms with Gasteiger partial charge in [0.15, 0.2) is 0 Å². The highest BCUT2D eigenvalue weighted by Gasteiger charge is 2.33. The highest BCUT2D eigenvalue weighted by atomic mass is 32.2. The summed E-state index contributed by atoms with van der Waals surface area (Å²) in [6.07, 6.45) is 1.42. The van der Waals surface area contributed by atoms with Crippen LogP contribution in [0.3, 0.4) is 0 Å². The fourth-order valence-electron chi connectivity index (χ4n) is 3.02. The third kappa shape index (κ3) is 5.18. The molecular weight excluding hydrogens is 352 g/mol. The number of anilines is 1. The minimum atomic E-state index is -3.46. The zero-order chi connectivity index (χ0) is 19.3. The second kappa shape index (κ2) is 8.83. The molecule has 0 radical (unpaired) electrons. The average molecular weight is 383 g/mol. The van der Waals surface area contributed by atoms with Crippen LogP contribution in [-0.2, 0) is 15.0 Å². The van der Waals surface area contributed by atoms with Crippen molar-refractivity contribution in [1.82, 2.24) is 13.9 Å². The smallest absolute Gasteiger partial charge is 0.281 e. The molecule has 2 rings (SSSR count). The standard InChI is InChI=1S/C18H30N4O3S/c1-15-7-9-17(10-8-15)21(4)13-11-19-18(23)16-6-5-12-22(14-16)26(24,25)20(2)3/h7-10,16H,5-6,11-14H2,1-4H3,(H,19,23)/t16-/m1/s1. The van der Waals surface area contributed by atoms with Gasteiger partial charge in [-0.2, -0.15) is 17.0 Å². The molecule has 0 aromatic heterocycles. The SMILES string of the molecule is Cc1ccc(N(C)CCNC(=O)[C@@H]2CCCN(S(=O)(=O)N(C)C)C2)cc1. The van der Waals surface area contributed by atoms with E-state index in [1.165, 1.54) is 28.3 Å². The molecule has 1 aliphatic rings. The minimum Gasteiger partial charge on any atom is -0.373 e. The van der Waals surface area contributed by atoms with E-state index in [4.69, 9.17) is 0 Å². The van der Waals surface area contributed by atoms with Gasteiger partial charge in [0.2, 0.25) is 5.91 Å². The number of rotatable bonds is 7. The molecule has 0 saturated carbocycles. The number of carbonyl (C=O) groups excluding carboxylic acids is 1. The molecule has 1 heterocycles. The molecule has 1 aliphatic heterocycles. The number of nitrogens with zero attached hydrogens (tertiary/aromatic N) is 3. The Kier molecular flexibility index (Phi) is 7.02. The maximum absolute atomic E-state index is 12.4. The number of hydrogen-bond acceptors (Lipinski definition) is 4. The van der Waals surface area contributed by atoms with Gasteiger partial charge in [-0.15, -0.1) is 0 Å². The van der Waals surface area contributed by atoms with Crippen molar-refractivity contribution < 1.29 is 13.2 Å². The third-order valence-corrected chi connectivity index (χ3v) is 6.67. The monoisotopic (exact) mass is 382 g/mol. The Morgan fingerprint density at radius 1 is 1.23 bits per heavy atom. The lowest BCUT2D eigenvalue weighted by Crippen LogP contribution is -2.49. The maximum atomic E-state index is 12.4. The molecule has 1 N–H and O–H groups in total. The molecule has 8 heteroatoms. The second-order valence-electron chi connectivity index (χ2n) is 7.04. The molecule has 0 aliphatic carbocycles. The molecular formula is C18H30N4O3S. The van der Waals surface area contributed by atoms with Crippen LogP contribution >= 0.6 is 0 Å². The normalized spacial score (nSPS) is 18.7. The molecule has 0 bridgehead atoms. The number of hydrogen-bond donors (Lipinski definition) is 1. The molecule has 1 saturated heterocycles. The highest BCUT2D eigenvalue weighted by molar-refractivity contribution is 7.86. The van der Waals surface area contributed by atoms with Crippen molar-refractivity contribution in [2.24, 2.45) is 5.92 Å². The molecule has 7 nitrogen and oxygen atoms in total. The largest absolute Gasteiger partial charge is 0.373 e. The molecule has 1 fully saturated rings. The van der Waals surface area contributed by atoms with Gasteiger partial charge >= 0.3 is 0 Å². The van der Waals surface area contributed by atoms with Crippen molar-refractivity contribution in [1.29, 1.82) is 0 Å². The van der Waals surface area contributed by atoms with E-state index in [-0.39, 0.29) is 18.4 Å². The zero-order valence-corrected chi connectivity index (χ0v) is 16.9. The second-order valence-corrected chi connectivity index (χ2v) is 9.18. The Balaban J connectivity index is 1.83. The van der Waals surface area contributed by atoms with Crippen molar-refractivity contribution in [2.75, 3.05) is 52.2 Å². The Hall–Kier alpha value is -1.64. The molecule has 1 aromatic rings. The van der Waals surface area contributed by atoms with Crippen molar-refractivity contribution in [2.45, 2.75) is 19.8 Å². The topological polar surface area (TPSA) is 73.0 Å². The Bertz CT molecular complexity index is 704. The molecule has 1 atom stereocenters. The Labute approximate surface area is 157 Å². The number of amides is 1. The predicted molar refractivity (Wildman–Crippen MR) is 104 cm³/mol. The van der Waals surface area contributed by atoms with Crippen LogP contribution in [0.1, 0.15) is 18.4 Å². The minimum absolute atomic E-state index is 0.0686. The van der Waals surface area contributed by atoms with Crippen molar-refractivity contribution in [3.8, 4) is 0 Å². The number of piperidine rings is 1. The van der Waals surface area contributed by atoms with E-state index in [0.29, 0.717) is 26.1 Å². The van der Waals surface area contributed by atoms with Crippen LogP contribution in [0.5, 0.6) is 0 Å². The first-order chi connectivity index (χ1) is 12.2. The van der Waals surface area contributed by atoms with Crippen LogP contribution in [0.2, 0.25) is 0 Å². The lowest BCUT2D eigenvalue weighted by molar-refractivity contribution is -0.126. The van der Waals surface area contributed by atoms with Crippen LogP contribution in [0.15, 0.2) is 24.3 Å². The van der Waals surface area contributed by atoms with Crippen LogP contribution < -0.4 is 10.2 Å². The summed E-state index contributed by atoms with van der Waals surface area (Å²) in [7, 11) is 1.56. The number of nitrogens with one attached hydrogen (secondary N) is 1. The van der Waals surface area contributed by atoms with Gasteiger partial charge in [0.1, 0.15) is 0 Å². The number of likely N-dealkylation sites (N-methyl/N-ethyl adjacent to an activating group) is 1. The van der Waals surface area contributed by atoms with Gasteiger partial charge in [-0.05, 0) is 31.9 Å². The van der Waals surface area contributed by atoms with Crippen molar-refractivity contribution >= 4 is 21.8 Å². The van der Waals surface area contributed by atoms with Gasteiger partial charge in [0.05, 0.1) is 5.92 Å². The Morgan fingerprint density at radius 2 is 1.88 bits per heavy atom. The van der Waals surface area contributed by atoms with E-state index in [9.17, 15) is 13.2 Å². The summed E-state index contributed by atoms with van der Waals surface area (Å²) >= 11 is 0. The molecule has 1 aromatic carbocycles. The van der Waals surface area contributed by atoms with E-state index in [0.717, 1.165) is 12.1 Å². The van der Waals surface area contributed by atoms with Crippen LogP contribution in [-0.4, -0.2) is 70.3 Å². The fraction of sp³-hybridized carbons (Fsp3) is 0.611. The summed E-state index contributed by atoms with van der Waals surface area (Å²) in [5.41, 5.74) is 2.32. The van der Waals surface area contributed by atoms with Gasteiger partial charge in [0.25, 0.3) is 10.2 Å². The van der Waals surface area contributed by atoms with E-state index in [1.807, 2.05) is 14.0 Å². The lowest BCUT2D eigenvalue weighted by atomic mass is 9.99. The van der Waals surface area contributed by atoms with Gasteiger partial charge in [0, 0.05) is 53.0 Å². The summed E-state index contributed by atoms with van der Waals surface area (Å²) in [5, 5.41) is 2.95. The predicted octanol–water partition coefficient (Wildman–Crippen LogP) is 1.07. The fourth-order valence-corrected chi connectivity index (χ4v) is 4.21. The first-order valence-corrected chi connectivity index (χ1v) is 10.3. The molecule has 0 unspecified atom stereocenters.